The van der Waals surface area contributed by atoms with Gasteiger partial charge in [0.15, 0.2) is 0 Å². The Hall–Kier alpha value is -3.16. The molecule has 0 unspecified atom stereocenters. The Morgan fingerprint density at radius 3 is 2.30 bits per heavy atom. The molecule has 0 radical (unpaired) electrons. The van der Waals surface area contributed by atoms with Crippen LogP contribution in [0.3, 0.4) is 0 Å². The van der Waals surface area contributed by atoms with Crippen molar-refractivity contribution in [1.82, 2.24) is 15.0 Å². The van der Waals surface area contributed by atoms with Gasteiger partial charge in [-0.2, -0.15) is 0 Å². The Morgan fingerprint density at radius 1 is 1.04 bits per heavy atom. The lowest BCUT2D eigenvalue weighted by atomic mass is 10.1. The van der Waals surface area contributed by atoms with Gasteiger partial charge in [-0.05, 0) is 19.1 Å². The van der Waals surface area contributed by atoms with Crippen LogP contribution in [-0.2, 0) is 4.74 Å². The van der Waals surface area contributed by atoms with Gasteiger partial charge < -0.3 is 18.9 Å². The Morgan fingerprint density at radius 2 is 1.70 bits per heavy atom. The van der Waals surface area contributed by atoms with Crippen molar-refractivity contribution in [2.45, 2.75) is 6.92 Å². The van der Waals surface area contributed by atoms with E-state index in [9.17, 15) is 4.79 Å². The Bertz CT molecular complexity index is 781. The molecule has 23 heavy (non-hydrogen) atoms. The first-order valence-electron chi connectivity index (χ1n) is 6.70. The van der Waals surface area contributed by atoms with Crippen molar-refractivity contribution in [3.63, 3.8) is 0 Å². The molecule has 3 rings (SSSR count). The third kappa shape index (κ3) is 2.66. The fourth-order valence-electron chi connectivity index (χ4n) is 2.10. The van der Waals surface area contributed by atoms with Crippen LogP contribution in [0.2, 0.25) is 0 Å². The average Bonchev–Trinajstić information content (AvgIpc) is 2.91. The maximum absolute atomic E-state index is 12.0. The quantitative estimate of drug-likeness (QED) is 0.793. The van der Waals surface area contributed by atoms with Crippen molar-refractivity contribution in [2.75, 3.05) is 14.2 Å². The maximum atomic E-state index is 12.0. The summed E-state index contributed by atoms with van der Waals surface area (Å²) < 4.78 is 20.7. The van der Waals surface area contributed by atoms with Gasteiger partial charge in [0.05, 0.1) is 14.2 Å². The number of cyclic esters (lactones) is 1. The average molecular weight is 315 g/mol. The minimum absolute atomic E-state index is 0.0381. The number of aromatic nitrogens is 3. The van der Waals surface area contributed by atoms with Gasteiger partial charge in [-0.1, -0.05) is 12.1 Å². The SMILES string of the molecule is CC=C1OC(=O)c2c(Oc3nc(OC)nc(OC)n3)cccc21. The number of nitrogens with zero attached hydrogens (tertiary/aromatic N) is 3. The molecule has 0 saturated carbocycles. The lowest BCUT2D eigenvalue weighted by Gasteiger charge is -2.08. The van der Waals surface area contributed by atoms with Crippen molar-refractivity contribution < 1.29 is 23.7 Å². The molecule has 0 N–H and O–H groups in total. The van der Waals surface area contributed by atoms with E-state index in [1.54, 1.807) is 31.2 Å². The van der Waals surface area contributed by atoms with Crippen molar-refractivity contribution in [3.8, 4) is 23.8 Å². The summed E-state index contributed by atoms with van der Waals surface area (Å²) in [5.74, 6) is 0.276. The number of fused-ring (bicyclic) bond motifs is 1. The molecule has 0 atom stereocenters. The molecule has 0 spiro atoms. The second-order valence-electron chi connectivity index (χ2n) is 4.41. The number of ether oxygens (including phenoxy) is 4. The van der Waals surface area contributed by atoms with E-state index < -0.39 is 5.97 Å². The van der Waals surface area contributed by atoms with Crippen LogP contribution < -0.4 is 14.2 Å². The van der Waals surface area contributed by atoms with Crippen molar-refractivity contribution in [2.24, 2.45) is 0 Å². The van der Waals surface area contributed by atoms with E-state index in [1.165, 1.54) is 14.2 Å². The van der Waals surface area contributed by atoms with Crippen LogP contribution in [0.5, 0.6) is 23.8 Å². The summed E-state index contributed by atoms with van der Waals surface area (Å²) in [6.07, 6.45) is 1.71. The third-order valence-corrected chi connectivity index (χ3v) is 3.10. The minimum Gasteiger partial charge on any atom is -0.467 e. The standard InChI is InChI=1S/C15H13N3O5/c1-4-9-8-6-5-7-10(11(8)12(19)22-9)23-15-17-13(20-2)16-14(18-15)21-3/h4-7H,1-3H3. The molecule has 118 valence electrons. The number of carbonyl (C=O) groups is 1. The Kier molecular flexibility index (Phi) is 3.80. The van der Waals surface area contributed by atoms with Crippen LogP contribution >= 0.6 is 0 Å². The second-order valence-corrected chi connectivity index (χ2v) is 4.41. The number of rotatable bonds is 4. The van der Waals surface area contributed by atoms with Crippen molar-refractivity contribution in [3.05, 3.63) is 35.4 Å². The molecule has 0 amide bonds. The summed E-state index contributed by atoms with van der Waals surface area (Å²) in [5, 5.41) is 0. The zero-order valence-electron chi connectivity index (χ0n) is 12.7. The van der Waals surface area contributed by atoms with Gasteiger partial charge in [-0.3, -0.25) is 0 Å². The molecule has 0 aliphatic carbocycles. The Labute approximate surface area is 131 Å². The smallest absolute Gasteiger partial charge is 0.348 e. The predicted octanol–water partition coefficient (Wildman–Crippen LogP) is 2.21. The molecule has 1 aromatic carbocycles. The van der Waals surface area contributed by atoms with Gasteiger partial charge in [-0.25, -0.2) is 4.79 Å². The lowest BCUT2D eigenvalue weighted by molar-refractivity contribution is 0.0713. The van der Waals surface area contributed by atoms with E-state index in [2.05, 4.69) is 15.0 Å². The summed E-state index contributed by atoms with van der Waals surface area (Å²) in [6.45, 7) is 1.78. The molecular formula is C15H13N3O5. The molecule has 0 bridgehead atoms. The van der Waals surface area contributed by atoms with Crippen LogP contribution in [0, 0.1) is 0 Å². The predicted molar refractivity (Wildman–Crippen MR) is 78.5 cm³/mol. The number of carbonyl (C=O) groups excluding carboxylic acids is 1. The summed E-state index contributed by atoms with van der Waals surface area (Å²) >= 11 is 0. The van der Waals surface area contributed by atoms with Gasteiger partial charge >= 0.3 is 24.0 Å². The summed E-state index contributed by atoms with van der Waals surface area (Å²) in [7, 11) is 2.82. The topological polar surface area (TPSA) is 92.7 Å². The second kappa shape index (κ2) is 5.91. The zero-order valence-corrected chi connectivity index (χ0v) is 12.7. The van der Waals surface area contributed by atoms with Gasteiger partial charge in [0.2, 0.25) is 0 Å². The Balaban J connectivity index is 2.02. The van der Waals surface area contributed by atoms with Crippen molar-refractivity contribution >= 4 is 11.7 Å². The normalized spacial score (nSPS) is 14.4. The zero-order chi connectivity index (χ0) is 16.4. The van der Waals surface area contributed by atoms with Crippen LogP contribution in [0.1, 0.15) is 22.8 Å². The van der Waals surface area contributed by atoms with Crippen LogP contribution in [-0.4, -0.2) is 35.1 Å². The maximum Gasteiger partial charge on any atom is 0.348 e. The van der Waals surface area contributed by atoms with E-state index in [4.69, 9.17) is 18.9 Å². The highest BCUT2D eigenvalue weighted by atomic mass is 16.6. The van der Waals surface area contributed by atoms with Crippen molar-refractivity contribution in [1.29, 1.82) is 0 Å². The molecule has 1 aromatic heterocycles. The molecule has 8 heteroatoms. The summed E-state index contributed by atoms with van der Waals surface area (Å²) in [5.41, 5.74) is 0.974. The third-order valence-electron chi connectivity index (χ3n) is 3.10. The number of hydrogen-bond donors (Lipinski definition) is 0. The summed E-state index contributed by atoms with van der Waals surface area (Å²) in [6, 6.07) is 5.17. The fourth-order valence-corrected chi connectivity index (χ4v) is 2.10. The first-order chi connectivity index (χ1) is 11.2. The number of esters is 1. The van der Waals surface area contributed by atoms with Crippen LogP contribution in [0.15, 0.2) is 24.3 Å². The van der Waals surface area contributed by atoms with E-state index >= 15 is 0 Å². The summed E-state index contributed by atoms with van der Waals surface area (Å²) in [4.78, 5) is 23.9. The van der Waals surface area contributed by atoms with E-state index in [0.717, 1.165) is 0 Å². The van der Waals surface area contributed by atoms with E-state index in [-0.39, 0.29) is 23.8 Å². The number of benzene rings is 1. The molecule has 1 aliphatic heterocycles. The molecule has 1 aliphatic rings. The molecule has 2 aromatic rings. The highest BCUT2D eigenvalue weighted by Crippen LogP contribution is 2.37. The molecule has 0 fully saturated rings. The van der Waals surface area contributed by atoms with E-state index in [0.29, 0.717) is 16.9 Å². The highest BCUT2D eigenvalue weighted by molar-refractivity contribution is 6.05. The minimum atomic E-state index is -0.489. The van der Waals surface area contributed by atoms with Gasteiger partial charge in [0, 0.05) is 5.56 Å². The molecule has 0 saturated heterocycles. The number of methoxy groups -OCH3 is 2. The first kappa shape index (κ1) is 14.8. The van der Waals surface area contributed by atoms with Gasteiger partial charge in [0.25, 0.3) is 0 Å². The lowest BCUT2D eigenvalue weighted by Crippen LogP contribution is -2.03. The molecular weight excluding hydrogens is 302 g/mol. The van der Waals surface area contributed by atoms with E-state index in [1.807, 2.05) is 0 Å². The monoisotopic (exact) mass is 315 g/mol. The number of allylic oxidation sites excluding steroid dienone is 1. The fraction of sp³-hybridized carbons (Fsp3) is 0.200. The van der Waals surface area contributed by atoms with Gasteiger partial charge in [0.1, 0.15) is 17.1 Å². The highest BCUT2D eigenvalue weighted by Gasteiger charge is 2.30. The molecule has 8 nitrogen and oxygen atoms in total. The number of hydrogen-bond acceptors (Lipinski definition) is 8. The van der Waals surface area contributed by atoms with Gasteiger partial charge in [-0.15, -0.1) is 15.0 Å². The van der Waals surface area contributed by atoms with Crippen LogP contribution in [0.25, 0.3) is 5.76 Å². The first-order valence-corrected chi connectivity index (χ1v) is 6.70. The molecule has 2 heterocycles. The largest absolute Gasteiger partial charge is 0.467 e. The van der Waals surface area contributed by atoms with Crippen LogP contribution in [0.4, 0.5) is 0 Å².